The molecule has 1 heterocycles. The highest BCUT2D eigenvalue weighted by atomic mass is 16.6. The van der Waals surface area contributed by atoms with Gasteiger partial charge in [-0.1, -0.05) is 42.1 Å². The topological polar surface area (TPSA) is 87.9 Å². The smallest absolute Gasteiger partial charge is 0.338 e. The molecule has 1 unspecified atom stereocenters. The first kappa shape index (κ1) is 23.8. The first-order chi connectivity index (χ1) is 15.6. The van der Waals surface area contributed by atoms with Gasteiger partial charge in [0.05, 0.1) is 5.57 Å². The SMILES string of the molecule is C=C(C(=O)OC(C)(C)C)C(OC(C)=O)c1cc(-c2ccc(OCc3ccccc3)cc2)no1. The van der Waals surface area contributed by atoms with Crippen molar-refractivity contribution in [2.75, 3.05) is 0 Å². The number of nitrogens with zero attached hydrogens (tertiary/aromatic N) is 1. The molecule has 0 saturated carbocycles. The van der Waals surface area contributed by atoms with E-state index in [1.165, 1.54) is 6.92 Å². The Morgan fingerprint density at radius 2 is 1.73 bits per heavy atom. The molecule has 0 radical (unpaired) electrons. The second-order valence-corrected chi connectivity index (χ2v) is 8.43. The molecule has 1 aromatic heterocycles. The second kappa shape index (κ2) is 10.2. The van der Waals surface area contributed by atoms with Gasteiger partial charge in [0.15, 0.2) is 11.9 Å². The van der Waals surface area contributed by atoms with Gasteiger partial charge in [0.2, 0.25) is 0 Å². The lowest BCUT2D eigenvalue weighted by molar-refractivity contribution is -0.154. The highest BCUT2D eigenvalue weighted by Gasteiger charge is 2.31. The van der Waals surface area contributed by atoms with Gasteiger partial charge >= 0.3 is 11.9 Å². The average Bonchev–Trinajstić information content (AvgIpc) is 3.25. The molecule has 0 aliphatic rings. The number of carbonyl (C=O) groups excluding carboxylic acids is 2. The zero-order valence-corrected chi connectivity index (χ0v) is 19.2. The van der Waals surface area contributed by atoms with Gasteiger partial charge in [0.1, 0.15) is 23.7 Å². The molecular weight excluding hydrogens is 422 g/mol. The molecule has 0 aliphatic carbocycles. The van der Waals surface area contributed by atoms with Gasteiger partial charge in [-0.2, -0.15) is 0 Å². The van der Waals surface area contributed by atoms with Crippen molar-refractivity contribution in [3.63, 3.8) is 0 Å². The van der Waals surface area contributed by atoms with Crippen LogP contribution in [0.1, 0.15) is 45.1 Å². The summed E-state index contributed by atoms with van der Waals surface area (Å²) in [6.07, 6.45) is -1.15. The fourth-order valence-electron chi connectivity index (χ4n) is 2.93. The summed E-state index contributed by atoms with van der Waals surface area (Å²) in [6, 6.07) is 18.8. The largest absolute Gasteiger partial charge is 0.489 e. The van der Waals surface area contributed by atoms with E-state index in [1.807, 2.05) is 54.6 Å². The molecule has 7 heteroatoms. The maximum atomic E-state index is 12.4. The highest BCUT2D eigenvalue weighted by molar-refractivity contribution is 5.90. The normalized spacial score (nSPS) is 12.0. The Morgan fingerprint density at radius 1 is 1.06 bits per heavy atom. The van der Waals surface area contributed by atoms with E-state index in [0.717, 1.165) is 11.1 Å². The minimum absolute atomic E-state index is 0.0625. The van der Waals surface area contributed by atoms with Gasteiger partial charge in [-0.25, -0.2) is 4.79 Å². The predicted molar refractivity (Wildman–Crippen MR) is 122 cm³/mol. The van der Waals surface area contributed by atoms with E-state index in [1.54, 1.807) is 26.8 Å². The van der Waals surface area contributed by atoms with Crippen molar-refractivity contribution in [1.82, 2.24) is 5.16 Å². The number of hydrogen-bond donors (Lipinski definition) is 0. The van der Waals surface area contributed by atoms with Crippen LogP contribution in [0.5, 0.6) is 5.75 Å². The third kappa shape index (κ3) is 6.80. The summed E-state index contributed by atoms with van der Waals surface area (Å²) < 4.78 is 21.8. The molecule has 2 aromatic carbocycles. The Hall–Kier alpha value is -3.87. The van der Waals surface area contributed by atoms with Gasteiger partial charge in [-0.05, 0) is 50.6 Å². The fraction of sp³-hybridized carbons (Fsp3) is 0.269. The molecular formula is C26H27NO6. The molecule has 0 amide bonds. The Morgan fingerprint density at radius 3 is 2.33 bits per heavy atom. The van der Waals surface area contributed by atoms with Gasteiger partial charge < -0.3 is 18.7 Å². The van der Waals surface area contributed by atoms with Crippen molar-refractivity contribution < 1.29 is 28.3 Å². The maximum Gasteiger partial charge on any atom is 0.338 e. The zero-order valence-electron chi connectivity index (χ0n) is 19.2. The molecule has 0 saturated heterocycles. The van der Waals surface area contributed by atoms with Crippen molar-refractivity contribution in [3.05, 3.63) is 84.1 Å². The van der Waals surface area contributed by atoms with E-state index < -0.39 is 23.6 Å². The lowest BCUT2D eigenvalue weighted by Gasteiger charge is -2.22. The lowest BCUT2D eigenvalue weighted by Crippen LogP contribution is -2.27. The van der Waals surface area contributed by atoms with Crippen LogP contribution >= 0.6 is 0 Å². The van der Waals surface area contributed by atoms with E-state index in [9.17, 15) is 9.59 Å². The Balaban J connectivity index is 1.73. The first-order valence-electron chi connectivity index (χ1n) is 10.5. The molecule has 0 bridgehead atoms. The molecule has 1 atom stereocenters. The van der Waals surface area contributed by atoms with Gasteiger partial charge in [0, 0.05) is 18.6 Å². The third-order valence-corrected chi connectivity index (χ3v) is 4.45. The summed E-state index contributed by atoms with van der Waals surface area (Å²) in [4.78, 5) is 24.1. The summed E-state index contributed by atoms with van der Waals surface area (Å²) in [5, 5.41) is 4.05. The Labute approximate surface area is 192 Å². The fourth-order valence-corrected chi connectivity index (χ4v) is 2.93. The summed E-state index contributed by atoms with van der Waals surface area (Å²) in [7, 11) is 0. The van der Waals surface area contributed by atoms with Crippen molar-refractivity contribution in [3.8, 4) is 17.0 Å². The average molecular weight is 450 g/mol. The zero-order chi connectivity index (χ0) is 24.0. The minimum atomic E-state index is -1.15. The molecule has 172 valence electrons. The summed E-state index contributed by atoms with van der Waals surface area (Å²) in [5.74, 6) is -0.405. The highest BCUT2D eigenvalue weighted by Crippen LogP contribution is 2.31. The number of hydrogen-bond acceptors (Lipinski definition) is 7. The van der Waals surface area contributed by atoms with Crippen molar-refractivity contribution in [2.45, 2.75) is 46.0 Å². The third-order valence-electron chi connectivity index (χ3n) is 4.45. The molecule has 0 aliphatic heterocycles. The van der Waals surface area contributed by atoms with Crippen LogP contribution in [0.4, 0.5) is 0 Å². The van der Waals surface area contributed by atoms with Gasteiger partial charge in [-0.3, -0.25) is 4.79 Å². The lowest BCUT2D eigenvalue weighted by atomic mass is 10.1. The molecule has 7 nitrogen and oxygen atoms in total. The van der Waals surface area contributed by atoms with E-state index in [4.69, 9.17) is 18.7 Å². The quantitative estimate of drug-likeness (QED) is 0.335. The van der Waals surface area contributed by atoms with Crippen LogP contribution in [-0.4, -0.2) is 22.7 Å². The molecule has 0 spiro atoms. The second-order valence-electron chi connectivity index (χ2n) is 8.43. The summed E-state index contributed by atoms with van der Waals surface area (Å²) in [6.45, 7) is 10.7. The number of aromatic nitrogens is 1. The predicted octanol–water partition coefficient (Wildman–Crippen LogP) is 5.42. The van der Waals surface area contributed by atoms with Crippen LogP contribution in [0.15, 0.2) is 77.3 Å². The van der Waals surface area contributed by atoms with E-state index in [0.29, 0.717) is 18.1 Å². The molecule has 33 heavy (non-hydrogen) atoms. The number of carbonyl (C=O) groups is 2. The van der Waals surface area contributed by atoms with Crippen molar-refractivity contribution in [1.29, 1.82) is 0 Å². The molecule has 0 fully saturated rings. The van der Waals surface area contributed by atoms with Crippen LogP contribution in [0, 0.1) is 0 Å². The Bertz CT molecular complexity index is 1110. The molecule has 0 N–H and O–H groups in total. The van der Waals surface area contributed by atoms with Crippen LogP contribution < -0.4 is 4.74 Å². The van der Waals surface area contributed by atoms with Crippen LogP contribution in [0.2, 0.25) is 0 Å². The first-order valence-corrected chi connectivity index (χ1v) is 10.5. The number of rotatable bonds is 8. The number of benzene rings is 2. The van der Waals surface area contributed by atoms with Crippen molar-refractivity contribution >= 4 is 11.9 Å². The van der Waals surface area contributed by atoms with Crippen LogP contribution in [-0.2, 0) is 25.7 Å². The minimum Gasteiger partial charge on any atom is -0.489 e. The summed E-state index contributed by atoms with van der Waals surface area (Å²) >= 11 is 0. The van der Waals surface area contributed by atoms with E-state index in [2.05, 4.69) is 11.7 Å². The van der Waals surface area contributed by atoms with Crippen LogP contribution in [0.25, 0.3) is 11.3 Å². The van der Waals surface area contributed by atoms with Gasteiger partial charge in [0.25, 0.3) is 0 Å². The molecule has 3 rings (SSSR count). The molecule has 3 aromatic rings. The van der Waals surface area contributed by atoms with E-state index in [-0.39, 0.29) is 11.3 Å². The van der Waals surface area contributed by atoms with Crippen molar-refractivity contribution in [2.24, 2.45) is 0 Å². The standard InChI is InChI=1S/C26H27NO6/c1-17(25(29)32-26(3,4)5)24(31-18(2)28)23-15-22(27-33-23)20-11-13-21(14-12-20)30-16-19-9-7-6-8-10-19/h6-15,24H,1,16H2,2-5H3. The number of ether oxygens (including phenoxy) is 3. The summed E-state index contributed by atoms with van der Waals surface area (Å²) in [5.41, 5.74) is 1.56. The van der Waals surface area contributed by atoms with E-state index >= 15 is 0 Å². The van der Waals surface area contributed by atoms with Crippen LogP contribution in [0.3, 0.4) is 0 Å². The monoisotopic (exact) mass is 449 g/mol. The van der Waals surface area contributed by atoms with Gasteiger partial charge in [-0.15, -0.1) is 0 Å². The Kier molecular flexibility index (Phi) is 7.33. The number of esters is 2. The maximum absolute atomic E-state index is 12.4.